The monoisotopic (exact) mass is 605 g/mol. The first-order valence-corrected chi connectivity index (χ1v) is 6.66. The second-order valence-corrected chi connectivity index (χ2v) is 5.11. The van der Waals surface area contributed by atoms with E-state index in [2.05, 4.69) is 75.7 Å². The summed E-state index contributed by atoms with van der Waals surface area (Å²) in [5.74, 6) is 0.597. The number of hydrogen-bond acceptors (Lipinski definition) is 0. The molecule has 0 aliphatic carbocycles. The zero-order valence-electron chi connectivity index (χ0n) is 12.3. The standard InChI is InChI=1S/C18H21.2W/c1-4-15-7-5-8-16(11-15)12-17-9-6-10-18(13-17)14(2)3;;/h4-11,13-14H,12H2,1-3H3;;/q-1;;. The Kier molecular flexibility index (Phi) is 9.44. The van der Waals surface area contributed by atoms with E-state index in [1.165, 1.54) is 22.3 Å². The number of benzene rings is 2. The molecular weight excluding hydrogens is 584 g/mol. The molecule has 2 aromatic rings. The van der Waals surface area contributed by atoms with E-state index in [9.17, 15) is 0 Å². The van der Waals surface area contributed by atoms with Crippen molar-refractivity contribution in [3.8, 4) is 0 Å². The van der Waals surface area contributed by atoms with Gasteiger partial charge < -0.3 is 0 Å². The van der Waals surface area contributed by atoms with Gasteiger partial charge in [-0.25, -0.2) is 0 Å². The largest absolute Gasteiger partial charge is 0.192 e. The molecule has 0 fully saturated rings. The summed E-state index contributed by atoms with van der Waals surface area (Å²) in [6, 6.07) is 17.7. The first kappa shape index (κ1) is 19.7. The van der Waals surface area contributed by atoms with Crippen LogP contribution in [0.3, 0.4) is 0 Å². The first-order chi connectivity index (χ1) is 8.69. The molecule has 0 bridgehead atoms. The molecule has 2 aromatic carbocycles. The van der Waals surface area contributed by atoms with Gasteiger partial charge in [0.05, 0.1) is 0 Å². The van der Waals surface area contributed by atoms with Crippen LogP contribution in [0.4, 0.5) is 0 Å². The molecule has 20 heavy (non-hydrogen) atoms. The molecule has 0 heterocycles. The van der Waals surface area contributed by atoms with Crippen LogP contribution in [0, 0.1) is 6.42 Å². The SMILES string of the molecule is C[CH-]c1cccc(Cc2cccc(C(C)C)c2)c1.[W].[W]. The Labute approximate surface area is 151 Å². The van der Waals surface area contributed by atoms with Crippen molar-refractivity contribution in [3.05, 3.63) is 77.2 Å². The smallest absolute Gasteiger partial charge is 0 e. The van der Waals surface area contributed by atoms with Crippen LogP contribution < -0.4 is 0 Å². The summed E-state index contributed by atoms with van der Waals surface area (Å²) < 4.78 is 0. The fourth-order valence-electron chi connectivity index (χ4n) is 2.18. The molecule has 0 aliphatic rings. The maximum atomic E-state index is 2.33. The van der Waals surface area contributed by atoms with E-state index in [4.69, 9.17) is 0 Å². The third kappa shape index (κ3) is 5.59. The topological polar surface area (TPSA) is 0 Å². The van der Waals surface area contributed by atoms with Crippen molar-refractivity contribution in [2.24, 2.45) is 0 Å². The van der Waals surface area contributed by atoms with Gasteiger partial charge in [0, 0.05) is 42.1 Å². The zero-order valence-corrected chi connectivity index (χ0v) is 18.2. The molecule has 0 N–H and O–H groups in total. The van der Waals surface area contributed by atoms with Crippen molar-refractivity contribution in [1.82, 2.24) is 0 Å². The minimum absolute atomic E-state index is 0. The van der Waals surface area contributed by atoms with E-state index in [0.29, 0.717) is 5.92 Å². The first-order valence-electron chi connectivity index (χ1n) is 6.66. The third-order valence-corrected chi connectivity index (χ3v) is 3.31. The molecule has 0 aliphatic heterocycles. The van der Waals surface area contributed by atoms with Crippen molar-refractivity contribution in [2.45, 2.75) is 33.1 Å². The van der Waals surface area contributed by atoms with Crippen molar-refractivity contribution in [1.29, 1.82) is 0 Å². The van der Waals surface area contributed by atoms with Gasteiger partial charge in [0.1, 0.15) is 0 Å². The van der Waals surface area contributed by atoms with Gasteiger partial charge in [-0.05, 0) is 23.5 Å². The molecule has 0 radical (unpaired) electrons. The molecule has 0 spiro atoms. The van der Waals surface area contributed by atoms with Crippen LogP contribution in [0.5, 0.6) is 0 Å². The molecule has 0 atom stereocenters. The second-order valence-electron chi connectivity index (χ2n) is 5.11. The fourth-order valence-corrected chi connectivity index (χ4v) is 2.18. The van der Waals surface area contributed by atoms with Crippen molar-refractivity contribution in [2.75, 3.05) is 0 Å². The summed E-state index contributed by atoms with van der Waals surface area (Å²) in [5, 5.41) is 0. The molecule has 106 valence electrons. The van der Waals surface area contributed by atoms with Crippen LogP contribution in [0.1, 0.15) is 48.9 Å². The molecule has 0 nitrogen and oxygen atoms in total. The summed E-state index contributed by atoms with van der Waals surface area (Å²) >= 11 is 0. The molecule has 0 aromatic heterocycles. The Hall–Kier alpha value is -0.313. The third-order valence-electron chi connectivity index (χ3n) is 3.31. The summed E-state index contributed by atoms with van der Waals surface area (Å²) in [5.41, 5.74) is 5.50. The van der Waals surface area contributed by atoms with Crippen LogP contribution >= 0.6 is 0 Å². The van der Waals surface area contributed by atoms with Gasteiger partial charge in [-0.2, -0.15) is 24.1 Å². The molecule has 0 saturated heterocycles. The normalized spacial score (nSPS) is 9.60. The molecule has 0 unspecified atom stereocenters. The van der Waals surface area contributed by atoms with Crippen LogP contribution in [0.15, 0.2) is 48.5 Å². The maximum absolute atomic E-state index is 2.33. The van der Waals surface area contributed by atoms with Crippen LogP contribution in [-0.2, 0) is 48.6 Å². The van der Waals surface area contributed by atoms with Gasteiger partial charge in [0.15, 0.2) is 0 Å². The van der Waals surface area contributed by atoms with E-state index in [1.807, 2.05) is 0 Å². The average molecular weight is 605 g/mol. The minimum atomic E-state index is 0. The summed E-state index contributed by atoms with van der Waals surface area (Å²) in [6.07, 6.45) is 3.16. The maximum Gasteiger partial charge on any atom is 0 e. The molecule has 2 heteroatoms. The van der Waals surface area contributed by atoms with Crippen LogP contribution in [0.2, 0.25) is 0 Å². The number of hydrogen-bond donors (Lipinski definition) is 0. The van der Waals surface area contributed by atoms with Gasteiger partial charge in [-0.15, -0.1) is 6.07 Å². The van der Waals surface area contributed by atoms with Crippen molar-refractivity contribution < 1.29 is 42.1 Å². The Morgan fingerprint density at radius 1 is 0.900 bits per heavy atom. The predicted octanol–water partition coefficient (Wildman–Crippen LogP) is 4.97. The van der Waals surface area contributed by atoms with Crippen molar-refractivity contribution in [3.63, 3.8) is 0 Å². The van der Waals surface area contributed by atoms with Crippen LogP contribution in [0.25, 0.3) is 0 Å². The average Bonchev–Trinajstić information content (AvgIpc) is 2.39. The second kappa shape index (κ2) is 9.59. The fraction of sp³-hybridized carbons (Fsp3) is 0.278. The van der Waals surface area contributed by atoms with Gasteiger partial charge in [-0.1, -0.05) is 56.7 Å². The Morgan fingerprint density at radius 2 is 1.50 bits per heavy atom. The molecule has 0 saturated carbocycles. The molecule has 2 rings (SSSR count). The summed E-state index contributed by atoms with van der Waals surface area (Å²) in [4.78, 5) is 0. The van der Waals surface area contributed by atoms with E-state index in [1.54, 1.807) is 0 Å². The van der Waals surface area contributed by atoms with Gasteiger partial charge in [0.25, 0.3) is 0 Å². The van der Waals surface area contributed by atoms with E-state index < -0.39 is 0 Å². The Bertz CT molecular complexity index is 518. The van der Waals surface area contributed by atoms with E-state index in [-0.39, 0.29) is 42.1 Å². The zero-order chi connectivity index (χ0) is 13.0. The summed E-state index contributed by atoms with van der Waals surface area (Å²) in [6.45, 7) is 6.57. The van der Waals surface area contributed by atoms with Crippen LogP contribution in [-0.4, -0.2) is 0 Å². The van der Waals surface area contributed by atoms with Gasteiger partial charge in [-0.3, -0.25) is 0 Å². The van der Waals surface area contributed by atoms with Gasteiger partial charge >= 0.3 is 0 Å². The van der Waals surface area contributed by atoms with Crippen molar-refractivity contribution >= 4 is 0 Å². The van der Waals surface area contributed by atoms with E-state index >= 15 is 0 Å². The quantitative estimate of drug-likeness (QED) is 0.433. The Balaban J connectivity index is 0.00000180. The molecular formula is C18H21W2-. The predicted molar refractivity (Wildman–Crippen MR) is 78.9 cm³/mol. The minimum Gasteiger partial charge on any atom is -0.192 e. The number of rotatable bonds is 4. The Morgan fingerprint density at radius 3 is 2.10 bits per heavy atom. The van der Waals surface area contributed by atoms with Gasteiger partial charge in [0.2, 0.25) is 0 Å². The summed E-state index contributed by atoms with van der Waals surface area (Å²) in [7, 11) is 0. The van der Waals surface area contributed by atoms with E-state index in [0.717, 1.165) is 6.42 Å². The molecule has 0 amide bonds.